The highest BCUT2D eigenvalue weighted by Gasteiger charge is 2.08. The van der Waals surface area contributed by atoms with Gasteiger partial charge in [-0.1, -0.05) is 45.9 Å². The summed E-state index contributed by atoms with van der Waals surface area (Å²) < 4.78 is 0. The second kappa shape index (κ2) is 5.83. The number of para-hydroxylation sites is 1. The molecule has 0 saturated carbocycles. The molecular formula is C15H23N. The van der Waals surface area contributed by atoms with E-state index in [2.05, 4.69) is 58.9 Å². The normalized spacial score (nSPS) is 12.6. The van der Waals surface area contributed by atoms with Crippen molar-refractivity contribution in [2.45, 2.75) is 41.0 Å². The molecule has 1 aromatic rings. The zero-order chi connectivity index (χ0) is 12.1. The lowest BCUT2D eigenvalue weighted by Crippen LogP contribution is -2.10. The third kappa shape index (κ3) is 3.80. The summed E-state index contributed by atoms with van der Waals surface area (Å²) in [5.74, 6) is 1.20. The predicted octanol–water partition coefficient (Wildman–Crippen LogP) is 4.77. The van der Waals surface area contributed by atoms with Crippen LogP contribution in [0.15, 0.2) is 29.3 Å². The SMILES string of the molecule is Cc1ccccc1/N=C(\CC(C)C)C(C)C. The van der Waals surface area contributed by atoms with Gasteiger partial charge in [-0.2, -0.15) is 0 Å². The monoisotopic (exact) mass is 217 g/mol. The lowest BCUT2D eigenvalue weighted by molar-refractivity contribution is 0.660. The molecule has 0 bridgehead atoms. The van der Waals surface area contributed by atoms with Gasteiger partial charge in [-0.15, -0.1) is 0 Å². The van der Waals surface area contributed by atoms with Gasteiger partial charge >= 0.3 is 0 Å². The maximum Gasteiger partial charge on any atom is 0.0658 e. The summed E-state index contributed by atoms with van der Waals surface area (Å²) in [6.07, 6.45) is 1.09. The number of aryl methyl sites for hydroxylation is 1. The standard InChI is InChI=1S/C15H23N/c1-11(2)10-15(12(3)4)16-14-9-7-6-8-13(14)5/h6-9,11-12H,10H2,1-5H3/b16-15+. The van der Waals surface area contributed by atoms with Crippen LogP contribution in [0, 0.1) is 18.8 Å². The Bertz CT molecular complexity index is 361. The summed E-state index contributed by atoms with van der Waals surface area (Å²) in [7, 11) is 0. The van der Waals surface area contributed by atoms with E-state index in [1.165, 1.54) is 11.3 Å². The van der Waals surface area contributed by atoms with Crippen LogP contribution in [0.25, 0.3) is 0 Å². The van der Waals surface area contributed by atoms with E-state index in [1.807, 2.05) is 0 Å². The minimum atomic E-state index is 0.530. The Labute approximate surface area is 99.6 Å². The summed E-state index contributed by atoms with van der Waals surface area (Å²) in [5, 5.41) is 0. The number of hydrogen-bond donors (Lipinski definition) is 0. The van der Waals surface area contributed by atoms with E-state index in [9.17, 15) is 0 Å². The van der Waals surface area contributed by atoms with Gasteiger partial charge in [0, 0.05) is 5.71 Å². The summed E-state index contributed by atoms with van der Waals surface area (Å²) in [6.45, 7) is 11.1. The van der Waals surface area contributed by atoms with Crippen LogP contribution in [-0.2, 0) is 0 Å². The molecule has 0 atom stereocenters. The summed E-state index contributed by atoms with van der Waals surface area (Å²) >= 11 is 0. The Morgan fingerprint density at radius 2 is 1.75 bits per heavy atom. The van der Waals surface area contributed by atoms with Crippen molar-refractivity contribution in [3.63, 3.8) is 0 Å². The maximum atomic E-state index is 4.81. The molecule has 1 rings (SSSR count). The Kier molecular flexibility index (Phi) is 4.72. The molecule has 0 amide bonds. The molecule has 0 aliphatic rings. The molecule has 0 spiro atoms. The highest BCUT2D eigenvalue weighted by atomic mass is 14.8. The average molecular weight is 217 g/mol. The third-order valence-electron chi connectivity index (χ3n) is 2.66. The largest absolute Gasteiger partial charge is 0.257 e. The first-order chi connectivity index (χ1) is 7.50. The Balaban J connectivity index is 2.98. The zero-order valence-electron chi connectivity index (χ0n) is 11.1. The molecule has 1 heteroatoms. The average Bonchev–Trinajstić information content (AvgIpc) is 2.19. The van der Waals surface area contributed by atoms with Crippen LogP contribution in [-0.4, -0.2) is 5.71 Å². The highest BCUT2D eigenvalue weighted by molar-refractivity contribution is 5.89. The van der Waals surface area contributed by atoms with Crippen molar-refractivity contribution in [3.05, 3.63) is 29.8 Å². The number of benzene rings is 1. The van der Waals surface area contributed by atoms with Crippen LogP contribution in [0.1, 0.15) is 39.7 Å². The van der Waals surface area contributed by atoms with E-state index < -0.39 is 0 Å². The van der Waals surface area contributed by atoms with Crippen LogP contribution in [0.3, 0.4) is 0 Å². The maximum absolute atomic E-state index is 4.81. The van der Waals surface area contributed by atoms with Crippen molar-refractivity contribution < 1.29 is 0 Å². The summed E-state index contributed by atoms with van der Waals surface area (Å²) in [4.78, 5) is 4.81. The lowest BCUT2D eigenvalue weighted by atomic mass is 9.98. The number of hydrogen-bond acceptors (Lipinski definition) is 1. The van der Waals surface area contributed by atoms with Crippen LogP contribution in [0.5, 0.6) is 0 Å². The number of nitrogens with zero attached hydrogens (tertiary/aromatic N) is 1. The Morgan fingerprint density at radius 1 is 1.12 bits per heavy atom. The van der Waals surface area contributed by atoms with E-state index in [1.54, 1.807) is 0 Å². The molecule has 0 heterocycles. The van der Waals surface area contributed by atoms with E-state index in [0.29, 0.717) is 11.8 Å². The van der Waals surface area contributed by atoms with Crippen molar-refractivity contribution in [2.24, 2.45) is 16.8 Å². The van der Waals surface area contributed by atoms with Crippen LogP contribution < -0.4 is 0 Å². The van der Waals surface area contributed by atoms with Crippen molar-refractivity contribution in [2.75, 3.05) is 0 Å². The van der Waals surface area contributed by atoms with Gasteiger partial charge in [0.05, 0.1) is 5.69 Å². The van der Waals surface area contributed by atoms with Crippen LogP contribution >= 0.6 is 0 Å². The van der Waals surface area contributed by atoms with Gasteiger partial charge in [0.25, 0.3) is 0 Å². The lowest BCUT2D eigenvalue weighted by Gasteiger charge is -2.13. The van der Waals surface area contributed by atoms with Gasteiger partial charge in [0.2, 0.25) is 0 Å². The smallest absolute Gasteiger partial charge is 0.0658 e. The molecule has 0 fully saturated rings. The third-order valence-corrected chi connectivity index (χ3v) is 2.66. The van der Waals surface area contributed by atoms with Gasteiger partial charge in [0.15, 0.2) is 0 Å². The molecule has 0 aliphatic carbocycles. The summed E-state index contributed by atoms with van der Waals surface area (Å²) in [6, 6.07) is 8.33. The molecule has 0 aliphatic heterocycles. The Morgan fingerprint density at radius 3 is 2.25 bits per heavy atom. The highest BCUT2D eigenvalue weighted by Crippen LogP contribution is 2.21. The fraction of sp³-hybridized carbons (Fsp3) is 0.533. The number of rotatable bonds is 4. The van der Waals surface area contributed by atoms with Gasteiger partial charge in [-0.25, -0.2) is 0 Å². The van der Waals surface area contributed by atoms with Crippen molar-refractivity contribution in [1.29, 1.82) is 0 Å². The van der Waals surface area contributed by atoms with E-state index in [4.69, 9.17) is 4.99 Å². The molecule has 88 valence electrons. The quantitative estimate of drug-likeness (QED) is 0.644. The minimum Gasteiger partial charge on any atom is -0.257 e. The zero-order valence-corrected chi connectivity index (χ0v) is 11.1. The van der Waals surface area contributed by atoms with E-state index >= 15 is 0 Å². The van der Waals surface area contributed by atoms with Gasteiger partial charge < -0.3 is 0 Å². The van der Waals surface area contributed by atoms with Gasteiger partial charge in [-0.3, -0.25) is 4.99 Å². The molecular weight excluding hydrogens is 194 g/mol. The molecule has 0 aromatic heterocycles. The van der Waals surface area contributed by atoms with Crippen molar-refractivity contribution in [1.82, 2.24) is 0 Å². The molecule has 1 nitrogen and oxygen atoms in total. The molecule has 0 N–H and O–H groups in total. The first kappa shape index (κ1) is 13.0. The van der Waals surface area contributed by atoms with Crippen molar-refractivity contribution >= 4 is 11.4 Å². The topological polar surface area (TPSA) is 12.4 Å². The second-order valence-electron chi connectivity index (χ2n) is 5.14. The van der Waals surface area contributed by atoms with E-state index in [0.717, 1.165) is 12.1 Å². The van der Waals surface area contributed by atoms with Crippen LogP contribution in [0.2, 0.25) is 0 Å². The number of aliphatic imine (C=N–C) groups is 1. The van der Waals surface area contributed by atoms with Gasteiger partial charge in [0.1, 0.15) is 0 Å². The first-order valence-electron chi connectivity index (χ1n) is 6.13. The first-order valence-corrected chi connectivity index (χ1v) is 6.13. The predicted molar refractivity (Wildman–Crippen MR) is 72.6 cm³/mol. The van der Waals surface area contributed by atoms with Crippen LogP contribution in [0.4, 0.5) is 5.69 Å². The minimum absolute atomic E-state index is 0.530. The molecule has 0 unspecified atom stereocenters. The molecule has 16 heavy (non-hydrogen) atoms. The molecule has 0 saturated heterocycles. The molecule has 1 aromatic carbocycles. The van der Waals surface area contributed by atoms with Gasteiger partial charge in [-0.05, 0) is 36.8 Å². The van der Waals surface area contributed by atoms with E-state index in [-0.39, 0.29) is 0 Å². The Hall–Kier alpha value is -1.11. The fourth-order valence-corrected chi connectivity index (χ4v) is 1.67. The fourth-order valence-electron chi connectivity index (χ4n) is 1.67. The molecule has 0 radical (unpaired) electrons. The van der Waals surface area contributed by atoms with Crippen molar-refractivity contribution in [3.8, 4) is 0 Å². The summed E-state index contributed by atoms with van der Waals surface area (Å²) in [5.41, 5.74) is 3.68. The second-order valence-corrected chi connectivity index (χ2v) is 5.14.